The van der Waals surface area contributed by atoms with Crippen LogP contribution in [0.4, 0.5) is 0 Å². The maximum absolute atomic E-state index is 11.1. The van der Waals surface area contributed by atoms with E-state index in [0.717, 1.165) is 16.5 Å². The third kappa shape index (κ3) is 3.83. The zero-order valence-corrected chi connectivity index (χ0v) is 14.4. The van der Waals surface area contributed by atoms with E-state index in [2.05, 4.69) is 10.1 Å². The van der Waals surface area contributed by atoms with E-state index in [4.69, 9.17) is 21.4 Å². The molecule has 7 heteroatoms. The molecule has 0 saturated heterocycles. The average molecular weight is 348 g/mol. The highest BCUT2D eigenvalue weighted by molar-refractivity contribution is 6.31. The van der Waals surface area contributed by atoms with E-state index in [1.807, 2.05) is 38.1 Å². The molecule has 24 heavy (non-hydrogen) atoms. The van der Waals surface area contributed by atoms with Crippen molar-refractivity contribution < 1.29 is 14.6 Å². The quantitative estimate of drug-likeness (QED) is 0.775. The zero-order valence-electron chi connectivity index (χ0n) is 13.7. The topological polar surface area (TPSA) is 77.2 Å². The summed E-state index contributed by atoms with van der Waals surface area (Å²) >= 11 is 5.95. The van der Waals surface area contributed by atoms with Crippen LogP contribution in [0.25, 0.3) is 10.9 Å². The average Bonchev–Trinajstić information content (AvgIpc) is 2.99. The maximum atomic E-state index is 11.1. The van der Waals surface area contributed by atoms with Crippen LogP contribution < -0.4 is 4.74 Å². The Balaban J connectivity index is 0.00000100. The molecular formula is C17H18ClN3O3. The summed E-state index contributed by atoms with van der Waals surface area (Å²) in [6.45, 7) is 4.42. The molecular weight excluding hydrogens is 330 g/mol. The highest BCUT2D eigenvalue weighted by Gasteiger charge is 2.16. The van der Waals surface area contributed by atoms with Crippen molar-refractivity contribution >= 4 is 28.5 Å². The Morgan fingerprint density at radius 3 is 2.71 bits per heavy atom. The second kappa shape index (κ2) is 7.79. The van der Waals surface area contributed by atoms with Gasteiger partial charge in [-0.2, -0.15) is 0 Å². The first-order valence-corrected chi connectivity index (χ1v) is 7.83. The largest absolute Gasteiger partial charge is 0.479 e. The van der Waals surface area contributed by atoms with Crippen molar-refractivity contribution in [2.75, 3.05) is 7.11 Å². The van der Waals surface area contributed by atoms with E-state index in [-0.39, 0.29) is 11.4 Å². The standard InChI is InChI=1S/C15H12ClN3O3.C2H6/c1-22-14-12(15(20)21)8-19(18-14)7-9-2-3-13-10(4-9)5-11(16)6-17-13;1-2/h2-6,8H,7H2,1H3,(H,20,21);1-2H3. The second-order valence-corrected chi connectivity index (χ2v) is 5.17. The Morgan fingerprint density at radius 1 is 1.33 bits per heavy atom. The van der Waals surface area contributed by atoms with Crippen LogP contribution in [-0.4, -0.2) is 33.0 Å². The Labute approximate surface area is 144 Å². The molecule has 0 spiro atoms. The molecule has 2 heterocycles. The van der Waals surface area contributed by atoms with Gasteiger partial charge in [0.05, 0.1) is 24.2 Å². The van der Waals surface area contributed by atoms with Crippen molar-refractivity contribution in [3.63, 3.8) is 0 Å². The number of carboxylic acid groups (broad SMARTS) is 1. The number of fused-ring (bicyclic) bond motifs is 1. The fraction of sp³-hybridized carbons (Fsp3) is 0.235. The van der Waals surface area contributed by atoms with Gasteiger partial charge in [-0.05, 0) is 23.8 Å². The van der Waals surface area contributed by atoms with E-state index in [1.165, 1.54) is 18.0 Å². The first-order chi connectivity index (χ1) is 11.6. The minimum atomic E-state index is -1.07. The number of aromatic nitrogens is 3. The number of carbonyl (C=O) groups is 1. The van der Waals surface area contributed by atoms with Crippen LogP contribution in [0, 0.1) is 0 Å². The van der Waals surface area contributed by atoms with Gasteiger partial charge in [0.1, 0.15) is 5.56 Å². The fourth-order valence-electron chi connectivity index (χ4n) is 2.22. The van der Waals surface area contributed by atoms with Crippen LogP contribution in [0.5, 0.6) is 5.88 Å². The van der Waals surface area contributed by atoms with Gasteiger partial charge in [0, 0.05) is 17.8 Å². The van der Waals surface area contributed by atoms with Gasteiger partial charge in [-0.25, -0.2) is 4.79 Å². The van der Waals surface area contributed by atoms with Crippen molar-refractivity contribution in [2.24, 2.45) is 0 Å². The number of methoxy groups -OCH3 is 1. The minimum absolute atomic E-state index is 0.0352. The van der Waals surface area contributed by atoms with E-state index in [0.29, 0.717) is 11.6 Å². The van der Waals surface area contributed by atoms with Gasteiger partial charge in [0.25, 0.3) is 0 Å². The van der Waals surface area contributed by atoms with Crippen LogP contribution in [0.2, 0.25) is 5.02 Å². The van der Waals surface area contributed by atoms with Gasteiger partial charge in [-0.1, -0.05) is 31.5 Å². The summed E-state index contributed by atoms with van der Waals surface area (Å²) < 4.78 is 6.50. The normalized spacial score (nSPS) is 10.2. The van der Waals surface area contributed by atoms with Crippen LogP contribution in [-0.2, 0) is 6.54 Å². The molecule has 0 radical (unpaired) electrons. The Kier molecular flexibility index (Phi) is 5.76. The Bertz CT molecular complexity index is 861. The minimum Gasteiger partial charge on any atom is -0.479 e. The molecule has 0 aliphatic rings. The lowest BCUT2D eigenvalue weighted by molar-refractivity contribution is 0.0693. The number of pyridine rings is 1. The van der Waals surface area contributed by atoms with Crippen molar-refractivity contribution in [3.05, 3.63) is 52.8 Å². The van der Waals surface area contributed by atoms with Crippen molar-refractivity contribution in [1.82, 2.24) is 14.8 Å². The molecule has 6 nitrogen and oxygen atoms in total. The number of halogens is 1. The summed E-state index contributed by atoms with van der Waals surface area (Å²) in [5.74, 6) is -0.976. The molecule has 0 bridgehead atoms. The molecule has 0 unspecified atom stereocenters. The number of aromatic carboxylic acids is 1. The summed E-state index contributed by atoms with van der Waals surface area (Å²) in [5.41, 5.74) is 1.84. The van der Waals surface area contributed by atoms with Gasteiger partial charge in [-0.3, -0.25) is 9.67 Å². The van der Waals surface area contributed by atoms with Crippen LogP contribution >= 0.6 is 11.6 Å². The molecule has 2 aromatic heterocycles. The third-order valence-corrected chi connectivity index (χ3v) is 3.42. The van der Waals surface area contributed by atoms with Crippen molar-refractivity contribution in [1.29, 1.82) is 0 Å². The summed E-state index contributed by atoms with van der Waals surface area (Å²) in [7, 11) is 1.39. The van der Waals surface area contributed by atoms with Crippen LogP contribution in [0.1, 0.15) is 29.8 Å². The Morgan fingerprint density at radius 2 is 2.08 bits per heavy atom. The van der Waals surface area contributed by atoms with Crippen molar-refractivity contribution in [3.8, 4) is 5.88 Å². The van der Waals surface area contributed by atoms with Gasteiger partial charge < -0.3 is 9.84 Å². The smallest absolute Gasteiger partial charge is 0.342 e. The lowest BCUT2D eigenvalue weighted by atomic mass is 10.1. The molecule has 3 aromatic rings. The third-order valence-electron chi connectivity index (χ3n) is 3.21. The molecule has 0 fully saturated rings. The van der Waals surface area contributed by atoms with Crippen LogP contribution in [0.3, 0.4) is 0 Å². The number of hydrogen-bond acceptors (Lipinski definition) is 4. The molecule has 1 N–H and O–H groups in total. The highest BCUT2D eigenvalue weighted by Crippen LogP contribution is 2.20. The van der Waals surface area contributed by atoms with Gasteiger partial charge in [0.15, 0.2) is 0 Å². The number of carboxylic acids is 1. The maximum Gasteiger partial charge on any atom is 0.342 e. The van der Waals surface area contributed by atoms with E-state index in [1.54, 1.807) is 6.20 Å². The first-order valence-electron chi connectivity index (χ1n) is 7.46. The summed E-state index contributed by atoms with van der Waals surface area (Å²) in [5, 5.41) is 14.7. The monoisotopic (exact) mass is 347 g/mol. The summed E-state index contributed by atoms with van der Waals surface area (Å²) in [6, 6.07) is 7.58. The molecule has 1 aromatic carbocycles. The molecule has 0 atom stereocenters. The number of hydrogen-bond donors (Lipinski definition) is 1. The molecule has 0 saturated carbocycles. The molecule has 0 amide bonds. The Hall–Kier alpha value is -2.60. The van der Waals surface area contributed by atoms with Gasteiger partial charge in [0.2, 0.25) is 5.88 Å². The predicted octanol–water partition coefficient (Wildman–Crippen LogP) is 3.87. The number of rotatable bonds is 4. The lowest BCUT2D eigenvalue weighted by Gasteiger charge is -2.04. The first kappa shape index (κ1) is 17.7. The molecule has 0 aliphatic carbocycles. The van der Waals surface area contributed by atoms with E-state index in [9.17, 15) is 4.79 Å². The molecule has 126 valence electrons. The summed E-state index contributed by atoms with van der Waals surface area (Å²) in [6.07, 6.45) is 3.04. The summed E-state index contributed by atoms with van der Waals surface area (Å²) in [4.78, 5) is 15.3. The van der Waals surface area contributed by atoms with E-state index < -0.39 is 5.97 Å². The predicted molar refractivity (Wildman–Crippen MR) is 92.9 cm³/mol. The molecule has 3 rings (SSSR count). The highest BCUT2D eigenvalue weighted by atomic mass is 35.5. The number of ether oxygens (including phenoxy) is 1. The molecule has 0 aliphatic heterocycles. The second-order valence-electron chi connectivity index (χ2n) is 4.74. The zero-order chi connectivity index (χ0) is 17.7. The van der Waals surface area contributed by atoms with E-state index >= 15 is 0 Å². The van der Waals surface area contributed by atoms with Gasteiger partial charge in [-0.15, -0.1) is 5.10 Å². The van der Waals surface area contributed by atoms with Gasteiger partial charge >= 0.3 is 5.97 Å². The lowest BCUT2D eigenvalue weighted by Crippen LogP contribution is -2.00. The van der Waals surface area contributed by atoms with Crippen molar-refractivity contribution in [2.45, 2.75) is 20.4 Å². The van der Waals surface area contributed by atoms with Crippen LogP contribution in [0.15, 0.2) is 36.7 Å². The number of nitrogens with zero attached hydrogens (tertiary/aromatic N) is 3. The SMILES string of the molecule is CC.COc1nn(Cc2ccc3ncc(Cl)cc3c2)cc1C(=O)O. The number of benzene rings is 1. The fourth-order valence-corrected chi connectivity index (χ4v) is 2.39.